The molecule has 18 heavy (non-hydrogen) atoms. The second-order valence-electron chi connectivity index (χ2n) is 3.50. The smallest absolute Gasteiger partial charge is 0.385 e. The van der Waals surface area contributed by atoms with Gasteiger partial charge < -0.3 is 15.9 Å². The Labute approximate surface area is 105 Å². The van der Waals surface area contributed by atoms with Gasteiger partial charge >= 0.3 is 6.18 Å². The van der Waals surface area contributed by atoms with Crippen LogP contribution in [0, 0.1) is 0 Å². The number of halogens is 4. The van der Waals surface area contributed by atoms with Gasteiger partial charge in [-0.25, -0.2) is 0 Å². The van der Waals surface area contributed by atoms with Gasteiger partial charge in [0.2, 0.25) is 5.91 Å². The van der Waals surface area contributed by atoms with Gasteiger partial charge in [0.05, 0.1) is 10.6 Å². The Hall–Kier alpha value is -1.31. The third kappa shape index (κ3) is 2.92. The van der Waals surface area contributed by atoms with Crippen LogP contribution in [-0.4, -0.2) is 22.2 Å². The predicted octanol–water partition coefficient (Wildman–Crippen LogP) is 1.24. The normalized spacial score (nSPS) is 15.2. The van der Waals surface area contributed by atoms with Crippen LogP contribution in [-0.2, 0) is 11.0 Å². The maximum atomic E-state index is 12.5. The molecule has 1 aromatic rings. The molecule has 0 saturated carbocycles. The molecule has 2 unspecified atom stereocenters. The maximum absolute atomic E-state index is 12.5. The second kappa shape index (κ2) is 5.13. The van der Waals surface area contributed by atoms with Crippen molar-refractivity contribution >= 4 is 17.5 Å². The highest BCUT2D eigenvalue weighted by Crippen LogP contribution is 2.38. The lowest BCUT2D eigenvalue weighted by Crippen LogP contribution is -2.34. The molecule has 0 aliphatic rings. The Bertz CT molecular complexity index is 464. The first-order valence-corrected chi connectivity index (χ1v) is 5.05. The monoisotopic (exact) mass is 283 g/mol. The van der Waals surface area contributed by atoms with Crippen LogP contribution in [0.3, 0.4) is 0 Å². The van der Waals surface area contributed by atoms with Crippen LogP contribution >= 0.6 is 11.6 Å². The van der Waals surface area contributed by atoms with Crippen LogP contribution in [0.25, 0.3) is 0 Å². The first-order chi connectivity index (χ1) is 8.16. The van der Waals surface area contributed by atoms with E-state index in [2.05, 4.69) is 0 Å². The molecule has 0 heterocycles. The highest BCUT2D eigenvalue weighted by atomic mass is 35.5. The molecule has 0 fully saturated rings. The van der Waals surface area contributed by atoms with Crippen molar-refractivity contribution in [1.82, 2.24) is 0 Å². The molecule has 0 aromatic heterocycles. The fraction of sp³-hybridized carbons (Fsp3) is 0.300. The van der Waals surface area contributed by atoms with Crippen molar-refractivity contribution in [2.75, 3.05) is 0 Å². The lowest BCUT2D eigenvalue weighted by Gasteiger charge is -2.18. The molecule has 0 bridgehead atoms. The average molecular weight is 284 g/mol. The number of aliphatic hydroxyl groups is 2. The molecule has 1 aromatic carbocycles. The van der Waals surface area contributed by atoms with Crippen LogP contribution in [0.2, 0.25) is 5.02 Å². The molecule has 2 atom stereocenters. The Morgan fingerprint density at radius 3 is 2.33 bits per heavy atom. The molecule has 8 heteroatoms. The van der Waals surface area contributed by atoms with Gasteiger partial charge in [0.1, 0.15) is 6.10 Å². The summed E-state index contributed by atoms with van der Waals surface area (Å²) < 4.78 is 37.6. The van der Waals surface area contributed by atoms with Crippen molar-refractivity contribution < 1.29 is 28.2 Å². The van der Waals surface area contributed by atoms with E-state index in [0.717, 1.165) is 18.2 Å². The standard InChI is InChI=1S/C10H9ClF3NO3/c11-6-4(7(16)8(17)9(15)18)2-1-3-5(6)10(12,13)14/h1-3,7-8,16-17H,(H2,15,18). The topological polar surface area (TPSA) is 83.6 Å². The predicted molar refractivity (Wildman–Crippen MR) is 56.6 cm³/mol. The minimum Gasteiger partial charge on any atom is -0.385 e. The van der Waals surface area contributed by atoms with E-state index in [1.165, 1.54) is 0 Å². The molecule has 0 radical (unpaired) electrons. The van der Waals surface area contributed by atoms with E-state index in [0.29, 0.717) is 0 Å². The van der Waals surface area contributed by atoms with Gasteiger partial charge in [-0.15, -0.1) is 0 Å². The van der Waals surface area contributed by atoms with Gasteiger partial charge in [-0.3, -0.25) is 4.79 Å². The number of alkyl halides is 3. The van der Waals surface area contributed by atoms with Crippen molar-refractivity contribution in [3.05, 3.63) is 34.3 Å². The largest absolute Gasteiger partial charge is 0.417 e. The van der Waals surface area contributed by atoms with Crippen molar-refractivity contribution in [2.45, 2.75) is 18.4 Å². The third-order valence-electron chi connectivity index (χ3n) is 2.24. The fourth-order valence-electron chi connectivity index (χ4n) is 1.32. The van der Waals surface area contributed by atoms with Crippen molar-refractivity contribution in [3.8, 4) is 0 Å². The number of hydrogen-bond acceptors (Lipinski definition) is 3. The first-order valence-electron chi connectivity index (χ1n) is 4.67. The Morgan fingerprint density at radius 2 is 1.89 bits per heavy atom. The van der Waals surface area contributed by atoms with Crippen LogP contribution in [0.15, 0.2) is 18.2 Å². The van der Waals surface area contributed by atoms with E-state index in [9.17, 15) is 28.2 Å². The molecule has 0 aliphatic carbocycles. The summed E-state index contributed by atoms with van der Waals surface area (Å²) in [6.07, 6.45) is -8.66. The SMILES string of the molecule is NC(=O)C(O)C(O)c1cccc(C(F)(F)F)c1Cl. The van der Waals surface area contributed by atoms with Gasteiger partial charge in [0, 0.05) is 5.56 Å². The first kappa shape index (κ1) is 14.7. The molecule has 1 rings (SSSR count). The minimum atomic E-state index is -4.70. The number of carbonyl (C=O) groups is 1. The van der Waals surface area contributed by atoms with E-state index in [-0.39, 0.29) is 0 Å². The summed E-state index contributed by atoms with van der Waals surface area (Å²) in [6.45, 7) is 0. The number of amides is 1. The zero-order valence-corrected chi connectivity index (χ0v) is 9.53. The van der Waals surface area contributed by atoms with Gasteiger partial charge in [-0.05, 0) is 6.07 Å². The summed E-state index contributed by atoms with van der Waals surface area (Å²) in [4.78, 5) is 10.7. The van der Waals surface area contributed by atoms with E-state index >= 15 is 0 Å². The summed E-state index contributed by atoms with van der Waals surface area (Å²) in [5, 5.41) is 18.0. The quantitative estimate of drug-likeness (QED) is 0.780. The number of nitrogens with two attached hydrogens (primary N) is 1. The highest BCUT2D eigenvalue weighted by Gasteiger charge is 2.36. The van der Waals surface area contributed by atoms with Gasteiger partial charge in [0.25, 0.3) is 0 Å². The summed E-state index contributed by atoms with van der Waals surface area (Å²) in [6, 6.07) is 2.78. The van der Waals surface area contributed by atoms with Crippen LogP contribution in [0.5, 0.6) is 0 Å². The summed E-state index contributed by atoms with van der Waals surface area (Å²) in [5.74, 6) is -1.27. The number of hydrogen-bond donors (Lipinski definition) is 3. The molecular weight excluding hydrogens is 275 g/mol. The van der Waals surface area contributed by atoms with Crippen molar-refractivity contribution in [2.24, 2.45) is 5.73 Å². The number of rotatable bonds is 3. The highest BCUT2D eigenvalue weighted by molar-refractivity contribution is 6.32. The Balaban J connectivity index is 3.23. The zero-order valence-electron chi connectivity index (χ0n) is 8.78. The van der Waals surface area contributed by atoms with Crippen molar-refractivity contribution in [3.63, 3.8) is 0 Å². The molecule has 4 N–H and O–H groups in total. The van der Waals surface area contributed by atoms with E-state index in [4.69, 9.17) is 17.3 Å². The number of carbonyl (C=O) groups excluding carboxylic acids is 1. The lowest BCUT2D eigenvalue weighted by atomic mass is 10.0. The number of benzene rings is 1. The molecule has 1 amide bonds. The number of primary amides is 1. The Morgan fingerprint density at radius 1 is 1.33 bits per heavy atom. The summed E-state index contributed by atoms with van der Waals surface area (Å²) >= 11 is 5.49. The van der Waals surface area contributed by atoms with Crippen LogP contribution in [0.1, 0.15) is 17.2 Å². The molecule has 4 nitrogen and oxygen atoms in total. The summed E-state index contributed by atoms with van der Waals surface area (Å²) in [5.41, 5.74) is 3.15. The Kier molecular flexibility index (Phi) is 4.20. The number of aliphatic hydroxyl groups excluding tert-OH is 2. The molecule has 100 valence electrons. The van der Waals surface area contributed by atoms with E-state index in [1.54, 1.807) is 0 Å². The summed E-state index contributed by atoms with van der Waals surface area (Å²) in [7, 11) is 0. The molecule has 0 aliphatic heterocycles. The molecule has 0 saturated heterocycles. The lowest BCUT2D eigenvalue weighted by molar-refractivity contribution is -0.137. The molecular formula is C10H9ClF3NO3. The van der Waals surface area contributed by atoms with Crippen LogP contribution in [0.4, 0.5) is 13.2 Å². The fourth-order valence-corrected chi connectivity index (χ4v) is 1.67. The second-order valence-corrected chi connectivity index (χ2v) is 3.88. The third-order valence-corrected chi connectivity index (χ3v) is 2.67. The van der Waals surface area contributed by atoms with Crippen LogP contribution < -0.4 is 5.73 Å². The average Bonchev–Trinajstić information content (AvgIpc) is 2.25. The van der Waals surface area contributed by atoms with Gasteiger partial charge in [-0.1, -0.05) is 23.7 Å². The minimum absolute atomic E-state index is 0.419. The zero-order chi connectivity index (χ0) is 14.1. The van der Waals surface area contributed by atoms with E-state index < -0.39 is 40.4 Å². The van der Waals surface area contributed by atoms with Crippen molar-refractivity contribution in [1.29, 1.82) is 0 Å². The van der Waals surface area contributed by atoms with E-state index in [1.807, 2.05) is 0 Å². The molecule has 0 spiro atoms. The van der Waals surface area contributed by atoms with Gasteiger partial charge in [0.15, 0.2) is 6.10 Å². The maximum Gasteiger partial charge on any atom is 0.417 e. The van der Waals surface area contributed by atoms with Gasteiger partial charge in [-0.2, -0.15) is 13.2 Å².